The molecule has 27 heavy (non-hydrogen) atoms. The minimum Gasteiger partial charge on any atom is -0.356 e. The maximum Gasteiger partial charge on any atom is 0.256 e. The van der Waals surface area contributed by atoms with Crippen LogP contribution in [0.2, 0.25) is 0 Å². The van der Waals surface area contributed by atoms with Crippen LogP contribution in [-0.4, -0.2) is 29.0 Å². The van der Waals surface area contributed by atoms with Gasteiger partial charge in [0.05, 0.1) is 5.56 Å². The topological polar surface area (TPSA) is 70.2 Å². The zero-order chi connectivity index (χ0) is 18.6. The highest BCUT2D eigenvalue weighted by Gasteiger charge is 2.15. The minimum atomic E-state index is -0.0985. The Morgan fingerprint density at radius 3 is 2.52 bits per heavy atom. The quantitative estimate of drug-likeness (QED) is 0.686. The molecule has 138 valence electrons. The van der Waals surface area contributed by atoms with Crippen molar-refractivity contribution in [1.82, 2.24) is 9.97 Å². The molecule has 2 aromatic heterocycles. The first-order valence-corrected chi connectivity index (χ1v) is 9.93. The molecule has 3 aromatic rings. The lowest BCUT2D eigenvalue weighted by Crippen LogP contribution is -2.19. The van der Waals surface area contributed by atoms with E-state index < -0.39 is 0 Å². The smallest absolute Gasteiger partial charge is 0.256 e. The Morgan fingerprint density at radius 1 is 1.07 bits per heavy atom. The van der Waals surface area contributed by atoms with Gasteiger partial charge in [0.25, 0.3) is 5.91 Å². The van der Waals surface area contributed by atoms with Crippen LogP contribution in [0.4, 0.5) is 23.0 Å². The third-order valence-electron chi connectivity index (χ3n) is 4.45. The van der Waals surface area contributed by atoms with Gasteiger partial charge in [-0.15, -0.1) is 0 Å². The van der Waals surface area contributed by atoms with E-state index in [0.717, 1.165) is 41.9 Å². The second-order valence-corrected chi connectivity index (χ2v) is 7.30. The Bertz CT molecular complexity index is 918. The fourth-order valence-corrected chi connectivity index (χ4v) is 3.74. The lowest BCUT2D eigenvalue weighted by atomic mass is 10.2. The third-order valence-corrected chi connectivity index (χ3v) is 5.14. The van der Waals surface area contributed by atoms with E-state index in [-0.39, 0.29) is 5.91 Å². The van der Waals surface area contributed by atoms with Gasteiger partial charge in [0.2, 0.25) is 0 Å². The second kappa shape index (κ2) is 7.75. The number of rotatable bonds is 5. The first-order valence-electron chi connectivity index (χ1n) is 8.99. The van der Waals surface area contributed by atoms with Gasteiger partial charge in [0, 0.05) is 35.9 Å². The Labute approximate surface area is 162 Å². The van der Waals surface area contributed by atoms with Gasteiger partial charge in [-0.05, 0) is 55.5 Å². The Kier molecular flexibility index (Phi) is 5.02. The molecule has 6 nitrogen and oxygen atoms in total. The molecule has 0 spiro atoms. The molecule has 1 aliphatic rings. The number of amides is 1. The number of carbonyl (C=O) groups is 1. The van der Waals surface area contributed by atoms with Crippen molar-refractivity contribution in [1.29, 1.82) is 0 Å². The van der Waals surface area contributed by atoms with Gasteiger partial charge < -0.3 is 15.5 Å². The summed E-state index contributed by atoms with van der Waals surface area (Å²) in [7, 11) is 0. The Morgan fingerprint density at radius 2 is 1.81 bits per heavy atom. The fourth-order valence-electron chi connectivity index (χ4n) is 3.11. The number of carbonyl (C=O) groups excluding carboxylic acids is 1. The van der Waals surface area contributed by atoms with E-state index in [1.807, 2.05) is 54.1 Å². The lowest BCUT2D eigenvalue weighted by Gasteiger charge is -2.18. The van der Waals surface area contributed by atoms with Gasteiger partial charge in [-0.1, -0.05) is 0 Å². The molecular formula is C20H21N5OS. The van der Waals surface area contributed by atoms with Gasteiger partial charge in [0.15, 0.2) is 0 Å². The molecule has 1 aliphatic heterocycles. The van der Waals surface area contributed by atoms with Crippen LogP contribution in [0, 0.1) is 6.92 Å². The SMILES string of the molecule is Cc1nc(Nc2ccc(NC(=O)c3ccsc3)cc2)cc(N2CCCC2)n1. The summed E-state index contributed by atoms with van der Waals surface area (Å²) in [6.45, 7) is 4.01. The third kappa shape index (κ3) is 4.25. The van der Waals surface area contributed by atoms with Gasteiger partial charge in [-0.3, -0.25) is 4.79 Å². The lowest BCUT2D eigenvalue weighted by molar-refractivity contribution is 0.102. The standard InChI is InChI=1S/C20H21N5OS/c1-14-21-18(12-19(22-14)25-9-2-3-10-25)23-16-4-6-17(7-5-16)24-20(26)15-8-11-27-13-15/h4-8,11-13H,2-3,9-10H2,1H3,(H,24,26)(H,21,22,23). The zero-order valence-electron chi connectivity index (χ0n) is 15.1. The van der Waals surface area contributed by atoms with Crippen molar-refractivity contribution in [2.75, 3.05) is 28.6 Å². The van der Waals surface area contributed by atoms with Crippen LogP contribution in [0.15, 0.2) is 47.2 Å². The molecule has 3 heterocycles. The normalized spacial score (nSPS) is 13.6. The predicted octanol–water partition coefficient (Wildman–Crippen LogP) is 4.44. The summed E-state index contributed by atoms with van der Waals surface area (Å²) in [6, 6.07) is 11.4. The Balaban J connectivity index is 1.44. The summed E-state index contributed by atoms with van der Waals surface area (Å²) in [5.41, 5.74) is 2.34. The first kappa shape index (κ1) is 17.5. The minimum absolute atomic E-state index is 0.0985. The maximum atomic E-state index is 12.1. The van der Waals surface area contributed by atoms with Crippen LogP contribution in [0.3, 0.4) is 0 Å². The van der Waals surface area contributed by atoms with Gasteiger partial charge in [-0.25, -0.2) is 9.97 Å². The molecule has 4 rings (SSSR count). The predicted molar refractivity (Wildman–Crippen MR) is 110 cm³/mol. The van der Waals surface area contributed by atoms with Gasteiger partial charge in [-0.2, -0.15) is 11.3 Å². The van der Waals surface area contributed by atoms with E-state index in [0.29, 0.717) is 5.56 Å². The van der Waals surface area contributed by atoms with E-state index in [9.17, 15) is 4.79 Å². The molecule has 0 radical (unpaired) electrons. The molecule has 1 fully saturated rings. The van der Waals surface area contributed by atoms with Gasteiger partial charge >= 0.3 is 0 Å². The molecule has 2 N–H and O–H groups in total. The highest BCUT2D eigenvalue weighted by atomic mass is 32.1. The summed E-state index contributed by atoms with van der Waals surface area (Å²) in [5.74, 6) is 2.40. The van der Waals surface area contributed by atoms with E-state index >= 15 is 0 Å². The molecule has 0 unspecified atom stereocenters. The van der Waals surface area contributed by atoms with E-state index in [1.54, 1.807) is 0 Å². The number of hydrogen-bond acceptors (Lipinski definition) is 6. The number of anilines is 4. The van der Waals surface area contributed by atoms with Crippen LogP contribution in [0.5, 0.6) is 0 Å². The molecule has 0 atom stereocenters. The number of aryl methyl sites for hydroxylation is 1. The first-order chi connectivity index (χ1) is 13.2. The fraction of sp³-hybridized carbons (Fsp3) is 0.250. The van der Waals surface area contributed by atoms with Crippen molar-refractivity contribution in [2.45, 2.75) is 19.8 Å². The van der Waals surface area contributed by atoms with E-state index in [4.69, 9.17) is 0 Å². The molecule has 1 aromatic carbocycles. The van der Waals surface area contributed by atoms with E-state index in [1.165, 1.54) is 24.2 Å². The maximum absolute atomic E-state index is 12.1. The highest BCUT2D eigenvalue weighted by Crippen LogP contribution is 2.23. The molecule has 0 bridgehead atoms. The van der Waals surface area contributed by atoms with Crippen LogP contribution in [0.1, 0.15) is 29.0 Å². The van der Waals surface area contributed by atoms with Crippen molar-refractivity contribution >= 4 is 40.3 Å². The molecule has 7 heteroatoms. The zero-order valence-corrected chi connectivity index (χ0v) is 15.9. The highest BCUT2D eigenvalue weighted by molar-refractivity contribution is 7.08. The summed E-state index contributed by atoms with van der Waals surface area (Å²) < 4.78 is 0. The average Bonchev–Trinajstić information content (AvgIpc) is 3.37. The Hall–Kier alpha value is -2.93. The summed E-state index contributed by atoms with van der Waals surface area (Å²) >= 11 is 1.51. The van der Waals surface area contributed by atoms with Crippen molar-refractivity contribution in [3.05, 3.63) is 58.5 Å². The van der Waals surface area contributed by atoms with Crippen molar-refractivity contribution in [3.63, 3.8) is 0 Å². The van der Waals surface area contributed by atoms with Crippen molar-refractivity contribution in [3.8, 4) is 0 Å². The van der Waals surface area contributed by atoms with Crippen LogP contribution in [-0.2, 0) is 0 Å². The number of aromatic nitrogens is 2. The van der Waals surface area contributed by atoms with Crippen molar-refractivity contribution in [2.24, 2.45) is 0 Å². The number of nitrogens with one attached hydrogen (secondary N) is 2. The van der Waals surface area contributed by atoms with Crippen LogP contribution >= 0.6 is 11.3 Å². The number of hydrogen-bond donors (Lipinski definition) is 2. The van der Waals surface area contributed by atoms with Crippen LogP contribution < -0.4 is 15.5 Å². The summed E-state index contributed by atoms with van der Waals surface area (Å²) in [4.78, 5) is 23.4. The monoisotopic (exact) mass is 379 g/mol. The molecule has 1 saturated heterocycles. The summed E-state index contributed by atoms with van der Waals surface area (Å²) in [5, 5.41) is 9.95. The number of benzene rings is 1. The number of thiophene rings is 1. The second-order valence-electron chi connectivity index (χ2n) is 6.52. The van der Waals surface area contributed by atoms with Gasteiger partial charge in [0.1, 0.15) is 17.5 Å². The average molecular weight is 379 g/mol. The number of nitrogens with zero attached hydrogens (tertiary/aromatic N) is 3. The largest absolute Gasteiger partial charge is 0.356 e. The summed E-state index contributed by atoms with van der Waals surface area (Å²) in [6.07, 6.45) is 2.43. The molecular weight excluding hydrogens is 358 g/mol. The molecule has 0 aliphatic carbocycles. The van der Waals surface area contributed by atoms with E-state index in [2.05, 4.69) is 25.5 Å². The van der Waals surface area contributed by atoms with Crippen molar-refractivity contribution < 1.29 is 4.79 Å². The molecule has 1 amide bonds. The molecule has 0 saturated carbocycles. The van der Waals surface area contributed by atoms with Crippen LogP contribution in [0.25, 0.3) is 0 Å².